The number of aliphatic hydroxyl groups excluding tert-OH is 2. The number of pyridine rings is 1. The number of carbonyl (C=O) groups is 1. The Hall–Kier alpha value is -2.06. The summed E-state index contributed by atoms with van der Waals surface area (Å²) in [7, 11) is 0. The fourth-order valence-corrected chi connectivity index (χ4v) is 1.41. The Morgan fingerprint density at radius 3 is 2.84 bits per heavy atom. The minimum Gasteiger partial charge on any atom is -0.466 e. The van der Waals surface area contributed by atoms with Gasteiger partial charge in [0.1, 0.15) is 6.10 Å². The van der Waals surface area contributed by atoms with E-state index in [1.807, 2.05) is 0 Å². The number of hydrogen-bond donors (Lipinski definition) is 2. The molecule has 0 saturated heterocycles. The molecule has 0 aliphatic carbocycles. The molecule has 0 bridgehead atoms. The van der Waals surface area contributed by atoms with Gasteiger partial charge in [0, 0.05) is 18.3 Å². The van der Waals surface area contributed by atoms with Gasteiger partial charge in [-0.15, -0.1) is 0 Å². The average Bonchev–Trinajstić information content (AvgIpc) is 2.38. The summed E-state index contributed by atoms with van der Waals surface area (Å²) in [6, 6.07) is 2.20. The number of ether oxygens (including phenoxy) is 1. The average molecular weight is 270 g/mol. The van der Waals surface area contributed by atoms with Crippen LogP contribution >= 0.6 is 0 Å². The van der Waals surface area contributed by atoms with Crippen molar-refractivity contribution in [1.29, 1.82) is 0 Å². The maximum absolute atomic E-state index is 11.1. The molecule has 8 heteroatoms. The van der Waals surface area contributed by atoms with Gasteiger partial charge in [-0.2, -0.15) is 0 Å². The molecular weight excluding hydrogens is 256 g/mol. The molecule has 0 fully saturated rings. The zero-order chi connectivity index (χ0) is 14.4. The summed E-state index contributed by atoms with van der Waals surface area (Å²) in [6.07, 6.45) is -2.20. The van der Waals surface area contributed by atoms with Crippen molar-refractivity contribution in [2.75, 3.05) is 6.61 Å². The van der Waals surface area contributed by atoms with Gasteiger partial charge in [0.15, 0.2) is 0 Å². The fraction of sp³-hybridized carbons (Fsp3) is 0.455. The molecule has 0 saturated carbocycles. The van der Waals surface area contributed by atoms with Crippen molar-refractivity contribution in [3.05, 3.63) is 34.1 Å². The number of aliphatic hydroxyl groups is 2. The highest BCUT2D eigenvalue weighted by Gasteiger charge is 2.24. The molecule has 0 radical (unpaired) electrons. The predicted molar refractivity (Wildman–Crippen MR) is 63.1 cm³/mol. The summed E-state index contributed by atoms with van der Waals surface area (Å²) in [4.78, 5) is 24.8. The molecule has 2 N–H and O–H groups in total. The van der Waals surface area contributed by atoms with Crippen LogP contribution in [0.25, 0.3) is 0 Å². The summed E-state index contributed by atoms with van der Waals surface area (Å²) in [6.45, 7) is 1.78. The van der Waals surface area contributed by atoms with E-state index >= 15 is 0 Å². The van der Waals surface area contributed by atoms with Crippen LogP contribution in [0, 0.1) is 10.1 Å². The largest absolute Gasteiger partial charge is 0.466 e. The minimum atomic E-state index is -1.50. The number of hydrogen-bond acceptors (Lipinski definition) is 7. The first-order valence-corrected chi connectivity index (χ1v) is 5.57. The highest BCUT2D eigenvalue weighted by Crippen LogP contribution is 2.21. The second-order valence-corrected chi connectivity index (χ2v) is 3.72. The maximum atomic E-state index is 11.1. The highest BCUT2D eigenvalue weighted by molar-refractivity contribution is 5.70. The van der Waals surface area contributed by atoms with Crippen molar-refractivity contribution < 1.29 is 24.7 Å². The number of carbonyl (C=O) groups excluding carboxylic acids is 1. The van der Waals surface area contributed by atoms with Gasteiger partial charge in [-0.05, 0) is 6.92 Å². The van der Waals surface area contributed by atoms with Crippen molar-refractivity contribution >= 4 is 11.7 Å². The van der Waals surface area contributed by atoms with Gasteiger partial charge < -0.3 is 14.9 Å². The number of nitrogens with zero attached hydrogens (tertiary/aromatic N) is 2. The van der Waals surface area contributed by atoms with Gasteiger partial charge in [0.05, 0.1) is 29.7 Å². The first-order chi connectivity index (χ1) is 8.95. The number of esters is 1. The molecule has 2 atom stereocenters. The number of rotatable bonds is 6. The molecule has 104 valence electrons. The maximum Gasteiger partial charge on any atom is 0.308 e. The SMILES string of the molecule is CCOC(=O)CC(O)C(O)c1cc([N+](=O)[O-])ccn1. The summed E-state index contributed by atoms with van der Waals surface area (Å²) in [5.74, 6) is -0.667. The minimum absolute atomic E-state index is 0.0778. The van der Waals surface area contributed by atoms with E-state index in [9.17, 15) is 25.1 Å². The van der Waals surface area contributed by atoms with Gasteiger partial charge in [0.25, 0.3) is 5.69 Å². The molecular formula is C11H14N2O6. The Balaban J connectivity index is 2.76. The Bertz CT molecular complexity index is 464. The summed E-state index contributed by atoms with van der Waals surface area (Å²) < 4.78 is 4.62. The molecule has 0 aliphatic rings. The van der Waals surface area contributed by atoms with Crippen LogP contribution in [0.3, 0.4) is 0 Å². The van der Waals surface area contributed by atoms with Crippen LogP contribution in [0.5, 0.6) is 0 Å². The zero-order valence-electron chi connectivity index (χ0n) is 10.2. The van der Waals surface area contributed by atoms with E-state index in [4.69, 9.17) is 0 Å². The zero-order valence-corrected chi connectivity index (χ0v) is 10.2. The predicted octanol–water partition coefficient (Wildman–Crippen LogP) is 0.337. The molecule has 2 unspecified atom stereocenters. The molecule has 1 aromatic rings. The number of aromatic nitrogens is 1. The Labute approximate surface area is 108 Å². The molecule has 8 nitrogen and oxygen atoms in total. The van der Waals surface area contributed by atoms with Crippen molar-refractivity contribution in [3.8, 4) is 0 Å². The Morgan fingerprint density at radius 1 is 1.58 bits per heavy atom. The van der Waals surface area contributed by atoms with E-state index in [-0.39, 0.29) is 18.0 Å². The second kappa shape index (κ2) is 6.76. The topological polar surface area (TPSA) is 123 Å². The molecule has 0 aromatic carbocycles. The number of nitro groups is 1. The van der Waals surface area contributed by atoms with E-state index in [0.29, 0.717) is 0 Å². The van der Waals surface area contributed by atoms with Gasteiger partial charge in [-0.25, -0.2) is 0 Å². The van der Waals surface area contributed by atoms with Crippen molar-refractivity contribution in [1.82, 2.24) is 4.98 Å². The molecule has 1 heterocycles. The highest BCUT2D eigenvalue weighted by atomic mass is 16.6. The Kier molecular flexibility index (Phi) is 5.34. The molecule has 1 aromatic heterocycles. The van der Waals surface area contributed by atoms with E-state index < -0.39 is 29.5 Å². The van der Waals surface area contributed by atoms with E-state index in [2.05, 4.69) is 9.72 Å². The van der Waals surface area contributed by atoms with Crippen molar-refractivity contribution in [2.24, 2.45) is 0 Å². The van der Waals surface area contributed by atoms with Crippen LogP contribution in [-0.4, -0.2) is 38.8 Å². The van der Waals surface area contributed by atoms with Gasteiger partial charge in [-0.3, -0.25) is 19.9 Å². The molecule has 19 heavy (non-hydrogen) atoms. The van der Waals surface area contributed by atoms with Crippen molar-refractivity contribution in [2.45, 2.75) is 25.6 Å². The first kappa shape index (κ1) is 15.0. The van der Waals surface area contributed by atoms with Gasteiger partial charge in [-0.1, -0.05) is 0 Å². The second-order valence-electron chi connectivity index (χ2n) is 3.72. The first-order valence-electron chi connectivity index (χ1n) is 5.57. The third kappa shape index (κ3) is 4.27. The van der Waals surface area contributed by atoms with Gasteiger partial charge in [0.2, 0.25) is 0 Å². The lowest BCUT2D eigenvalue weighted by Crippen LogP contribution is -2.23. The quantitative estimate of drug-likeness (QED) is 0.434. The van der Waals surface area contributed by atoms with Crippen LogP contribution in [0.1, 0.15) is 25.1 Å². The van der Waals surface area contributed by atoms with Crippen LogP contribution in [-0.2, 0) is 9.53 Å². The third-order valence-corrected chi connectivity index (χ3v) is 2.32. The molecule has 0 aliphatic heterocycles. The molecule has 0 amide bonds. The summed E-state index contributed by atoms with van der Waals surface area (Å²) in [5, 5.41) is 30.0. The standard InChI is InChI=1S/C11H14N2O6/c1-2-19-10(15)6-9(14)11(16)8-5-7(13(17)18)3-4-12-8/h3-5,9,11,14,16H,2,6H2,1H3. The normalized spacial score (nSPS) is 13.6. The van der Waals surface area contributed by atoms with Crippen LogP contribution in [0.2, 0.25) is 0 Å². The molecule has 0 spiro atoms. The van der Waals surface area contributed by atoms with E-state index in [1.54, 1.807) is 6.92 Å². The smallest absolute Gasteiger partial charge is 0.308 e. The summed E-state index contributed by atoms with van der Waals surface area (Å²) >= 11 is 0. The van der Waals surface area contributed by atoms with E-state index in [0.717, 1.165) is 18.3 Å². The lowest BCUT2D eigenvalue weighted by Gasteiger charge is -2.16. The van der Waals surface area contributed by atoms with Crippen molar-refractivity contribution in [3.63, 3.8) is 0 Å². The van der Waals surface area contributed by atoms with Gasteiger partial charge >= 0.3 is 5.97 Å². The van der Waals surface area contributed by atoms with Crippen LogP contribution in [0.4, 0.5) is 5.69 Å². The monoisotopic (exact) mass is 270 g/mol. The van der Waals surface area contributed by atoms with Crippen LogP contribution < -0.4 is 0 Å². The lowest BCUT2D eigenvalue weighted by molar-refractivity contribution is -0.385. The third-order valence-electron chi connectivity index (χ3n) is 2.32. The lowest BCUT2D eigenvalue weighted by atomic mass is 10.1. The Morgan fingerprint density at radius 2 is 2.26 bits per heavy atom. The fourth-order valence-electron chi connectivity index (χ4n) is 1.41. The van der Waals surface area contributed by atoms with Crippen LogP contribution in [0.15, 0.2) is 18.3 Å². The summed E-state index contributed by atoms with van der Waals surface area (Å²) in [5.41, 5.74) is -0.335. The molecule has 1 rings (SSSR count). The van der Waals surface area contributed by atoms with E-state index in [1.165, 1.54) is 0 Å².